The highest BCUT2D eigenvalue weighted by Gasteiger charge is 2.42. The average Bonchev–Trinajstić information content (AvgIpc) is 2.72. The van der Waals surface area contributed by atoms with E-state index in [1.54, 1.807) is 0 Å². The van der Waals surface area contributed by atoms with Crippen molar-refractivity contribution in [1.29, 1.82) is 0 Å². The third-order valence-corrected chi connectivity index (χ3v) is 11.8. The number of carbonyl (C=O) groups excluding carboxylic acids is 1. The third kappa shape index (κ3) is 2.59. The highest BCUT2D eigenvalue weighted by atomic mass is 28.3. The summed E-state index contributed by atoms with van der Waals surface area (Å²) in [5.41, 5.74) is 5.82. The van der Waals surface area contributed by atoms with E-state index in [0.717, 1.165) is 11.3 Å². The van der Waals surface area contributed by atoms with Crippen LogP contribution in [0.1, 0.15) is 57.5 Å². The Labute approximate surface area is 129 Å². The van der Waals surface area contributed by atoms with Gasteiger partial charge in [0.2, 0.25) is 0 Å². The lowest BCUT2D eigenvalue weighted by molar-refractivity contribution is 0.0716. The van der Waals surface area contributed by atoms with Crippen molar-refractivity contribution in [2.24, 2.45) is 0 Å². The topological polar surface area (TPSA) is 26.3 Å². The maximum absolute atomic E-state index is 12.0. The monoisotopic (exact) mass is 302 g/mol. The van der Waals surface area contributed by atoms with Gasteiger partial charge in [0.25, 0.3) is 0 Å². The number of benzene rings is 1. The zero-order chi connectivity index (χ0) is 15.8. The molecule has 0 unspecified atom stereocenters. The van der Waals surface area contributed by atoms with Crippen molar-refractivity contribution in [2.75, 3.05) is 0 Å². The molecule has 0 saturated heterocycles. The Balaban J connectivity index is 2.58. The van der Waals surface area contributed by atoms with E-state index in [4.69, 9.17) is 4.74 Å². The fraction of sp³-hybridized carbons (Fsp3) is 0.500. The second-order valence-corrected chi connectivity index (χ2v) is 12.7. The zero-order valence-corrected chi connectivity index (χ0v) is 14.9. The number of hydrogen-bond donors (Lipinski definition) is 0. The smallest absolute Gasteiger partial charge is 0.344 e. The first-order chi connectivity index (χ1) is 9.80. The molecule has 0 atom stereocenters. The Morgan fingerprint density at radius 2 is 1.38 bits per heavy atom. The average molecular weight is 302 g/mol. The van der Waals surface area contributed by atoms with Crippen LogP contribution in [0.3, 0.4) is 0 Å². The number of carbonyl (C=O) groups is 1. The zero-order valence-electron chi connectivity index (χ0n) is 13.9. The Morgan fingerprint density at radius 3 is 1.86 bits per heavy atom. The third-order valence-electron chi connectivity index (χ3n) is 5.00. The molecule has 0 bridgehead atoms. The molecule has 3 heteroatoms. The van der Waals surface area contributed by atoms with E-state index in [-0.39, 0.29) is 5.97 Å². The van der Waals surface area contributed by atoms with E-state index in [1.165, 1.54) is 0 Å². The first-order valence-corrected chi connectivity index (χ1v) is 10.2. The van der Waals surface area contributed by atoms with Crippen molar-refractivity contribution >= 4 is 19.8 Å². The van der Waals surface area contributed by atoms with Gasteiger partial charge in [-0.2, -0.15) is 0 Å². The van der Waals surface area contributed by atoms with E-state index in [0.29, 0.717) is 22.2 Å². The largest absolute Gasteiger partial charge is 0.423 e. The Morgan fingerprint density at radius 1 is 0.905 bits per heavy atom. The molecule has 1 aromatic carbocycles. The van der Waals surface area contributed by atoms with Gasteiger partial charge < -0.3 is 4.74 Å². The van der Waals surface area contributed by atoms with Gasteiger partial charge in [-0.1, -0.05) is 65.4 Å². The fourth-order valence-electron chi connectivity index (χ4n) is 3.92. The molecule has 21 heavy (non-hydrogen) atoms. The SMILES string of the molecule is CC(C)[Si](/C=C1\OC(=O)c2ccccc21)(C(C)C)C(C)C. The molecule has 1 aromatic rings. The fourth-order valence-corrected chi connectivity index (χ4v) is 9.59. The molecule has 0 aromatic heterocycles. The molecule has 114 valence electrons. The molecule has 0 radical (unpaired) electrons. The van der Waals surface area contributed by atoms with E-state index < -0.39 is 8.07 Å². The van der Waals surface area contributed by atoms with Crippen molar-refractivity contribution in [3.8, 4) is 0 Å². The maximum atomic E-state index is 12.0. The summed E-state index contributed by atoms with van der Waals surface area (Å²) in [6, 6.07) is 7.70. The quantitative estimate of drug-likeness (QED) is 0.548. The van der Waals surface area contributed by atoms with Crippen LogP contribution in [0.15, 0.2) is 30.0 Å². The Hall–Kier alpha value is -1.35. The summed E-state index contributed by atoms with van der Waals surface area (Å²) >= 11 is 0. The van der Waals surface area contributed by atoms with Gasteiger partial charge in [-0.05, 0) is 22.7 Å². The lowest BCUT2D eigenvalue weighted by Crippen LogP contribution is -2.43. The molecule has 0 fully saturated rings. The van der Waals surface area contributed by atoms with Gasteiger partial charge in [0.15, 0.2) is 0 Å². The Bertz CT molecular complexity index is 549. The summed E-state index contributed by atoms with van der Waals surface area (Å²) in [5, 5.41) is 0. The summed E-state index contributed by atoms with van der Waals surface area (Å²) < 4.78 is 5.59. The second kappa shape index (κ2) is 5.80. The number of esters is 1. The van der Waals surface area contributed by atoms with E-state index in [1.807, 2.05) is 24.3 Å². The lowest BCUT2D eigenvalue weighted by Gasteiger charge is -2.40. The van der Waals surface area contributed by atoms with Gasteiger partial charge in [0.05, 0.1) is 13.6 Å². The van der Waals surface area contributed by atoms with E-state index in [2.05, 4.69) is 47.2 Å². The number of rotatable bonds is 4. The van der Waals surface area contributed by atoms with Gasteiger partial charge in [0.1, 0.15) is 5.76 Å². The van der Waals surface area contributed by atoms with Gasteiger partial charge in [-0.3, -0.25) is 0 Å². The summed E-state index contributed by atoms with van der Waals surface area (Å²) in [5.74, 6) is 0.578. The van der Waals surface area contributed by atoms with Crippen molar-refractivity contribution in [1.82, 2.24) is 0 Å². The molecule has 2 nitrogen and oxygen atoms in total. The molecule has 2 rings (SSSR count). The predicted octanol–water partition coefficient (Wildman–Crippen LogP) is 5.42. The second-order valence-electron chi connectivity index (χ2n) is 6.91. The van der Waals surface area contributed by atoms with Crippen molar-refractivity contribution in [3.63, 3.8) is 0 Å². The molecule has 0 N–H and O–H groups in total. The van der Waals surface area contributed by atoms with Crippen molar-refractivity contribution < 1.29 is 9.53 Å². The minimum absolute atomic E-state index is 0.212. The van der Waals surface area contributed by atoms with Crippen LogP contribution in [-0.2, 0) is 4.74 Å². The van der Waals surface area contributed by atoms with Crippen LogP contribution in [0, 0.1) is 0 Å². The molecule has 0 amide bonds. The molecule has 1 aliphatic rings. The molecular formula is C18H26O2Si. The van der Waals surface area contributed by atoms with Crippen LogP contribution < -0.4 is 0 Å². The van der Waals surface area contributed by atoms with Gasteiger partial charge in [0, 0.05) is 5.56 Å². The standard InChI is InChI=1S/C18H26O2Si/c1-12(2)21(13(3)4,14(5)6)11-17-15-9-7-8-10-16(15)18(19)20-17/h7-14H,1-6H3/b17-11-. The molecule has 0 spiro atoms. The van der Waals surface area contributed by atoms with Gasteiger partial charge >= 0.3 is 5.97 Å². The minimum Gasteiger partial charge on any atom is -0.423 e. The van der Waals surface area contributed by atoms with Crippen molar-refractivity contribution in [3.05, 3.63) is 41.1 Å². The highest BCUT2D eigenvalue weighted by molar-refractivity contribution is 6.88. The lowest BCUT2D eigenvalue weighted by atomic mass is 10.1. The minimum atomic E-state index is -1.73. The van der Waals surface area contributed by atoms with Crippen LogP contribution in [0.5, 0.6) is 0 Å². The van der Waals surface area contributed by atoms with Crippen LogP contribution in [0.4, 0.5) is 0 Å². The van der Waals surface area contributed by atoms with Crippen LogP contribution in [0.2, 0.25) is 16.6 Å². The van der Waals surface area contributed by atoms with Crippen LogP contribution >= 0.6 is 0 Å². The first-order valence-electron chi connectivity index (χ1n) is 7.85. The van der Waals surface area contributed by atoms with Crippen LogP contribution in [-0.4, -0.2) is 14.0 Å². The molecule has 0 saturated carbocycles. The van der Waals surface area contributed by atoms with Crippen molar-refractivity contribution in [2.45, 2.75) is 58.2 Å². The molecular weight excluding hydrogens is 276 g/mol. The normalized spacial score (nSPS) is 17.0. The number of hydrogen-bond acceptors (Lipinski definition) is 2. The number of cyclic esters (lactones) is 1. The van der Waals surface area contributed by atoms with Gasteiger partial charge in [-0.25, -0.2) is 4.79 Å². The van der Waals surface area contributed by atoms with Crippen LogP contribution in [0.25, 0.3) is 5.76 Å². The molecule has 1 heterocycles. The summed E-state index contributed by atoms with van der Waals surface area (Å²) in [4.78, 5) is 12.0. The molecule has 1 aliphatic heterocycles. The van der Waals surface area contributed by atoms with Gasteiger partial charge in [-0.15, -0.1) is 0 Å². The first kappa shape index (κ1) is 16.0. The van der Waals surface area contributed by atoms with E-state index >= 15 is 0 Å². The maximum Gasteiger partial charge on any atom is 0.344 e. The Kier molecular flexibility index (Phi) is 4.42. The number of ether oxygens (including phenoxy) is 1. The highest BCUT2D eigenvalue weighted by Crippen LogP contribution is 2.45. The predicted molar refractivity (Wildman–Crippen MR) is 90.9 cm³/mol. The summed E-state index contributed by atoms with van der Waals surface area (Å²) in [6.07, 6.45) is 0. The van der Waals surface area contributed by atoms with E-state index in [9.17, 15) is 4.79 Å². The molecule has 0 aliphatic carbocycles. The summed E-state index contributed by atoms with van der Waals surface area (Å²) in [6.45, 7) is 13.9. The summed E-state index contributed by atoms with van der Waals surface area (Å²) in [7, 11) is -1.73. The number of fused-ring (bicyclic) bond motifs is 1.